The number of hydrogen-bond donors (Lipinski definition) is 6. The standard InChI is InChI=1S/C49H60N8O12/c1-33(55-49(60)69-32-41-38-10-5-3-8-36(38)37-9-4-6-11-39(37)41)40-28-43(63-2)44(29-42(40)57(61)62)67-21-7-12-46(58)51-19-22-64-24-26-66-27-25-65-23-20-52-47(59)54-30-34-13-15-35(16-14-34)31-68-48-53-18-17-45(50)56-48/h3-6,8-11,13-18,28-29,33,41,47,52,54,59H,7,12,19-27,30-32H2,1-2H3,(H,51,58)(H,55,60)(H2,50,53,56). The van der Waals surface area contributed by atoms with Crippen molar-refractivity contribution in [3.63, 3.8) is 0 Å². The summed E-state index contributed by atoms with van der Waals surface area (Å²) in [7, 11) is 1.41. The Morgan fingerprint density at radius 1 is 0.812 bits per heavy atom. The number of anilines is 1. The number of hydrogen-bond acceptors (Lipinski definition) is 17. The molecule has 2 unspecified atom stereocenters. The summed E-state index contributed by atoms with van der Waals surface area (Å²) in [6, 6.07) is 27.4. The maximum Gasteiger partial charge on any atom is 0.407 e. The molecule has 0 saturated heterocycles. The van der Waals surface area contributed by atoms with Gasteiger partial charge in [0.05, 0.1) is 76.0 Å². The number of nitrogens with one attached hydrogen (secondary N) is 4. The first kappa shape index (κ1) is 51.5. The van der Waals surface area contributed by atoms with Gasteiger partial charge in [0.15, 0.2) is 17.9 Å². The molecular weight excluding hydrogens is 893 g/mol. The van der Waals surface area contributed by atoms with Crippen LogP contribution in [0.2, 0.25) is 0 Å². The van der Waals surface area contributed by atoms with E-state index in [1.54, 1.807) is 13.0 Å². The average molecular weight is 953 g/mol. The summed E-state index contributed by atoms with van der Waals surface area (Å²) >= 11 is 0. The zero-order valence-corrected chi connectivity index (χ0v) is 38.7. The van der Waals surface area contributed by atoms with Gasteiger partial charge in [-0.15, -0.1) is 0 Å². The second-order valence-corrected chi connectivity index (χ2v) is 15.8. The van der Waals surface area contributed by atoms with Crippen molar-refractivity contribution in [1.29, 1.82) is 0 Å². The van der Waals surface area contributed by atoms with Crippen molar-refractivity contribution in [3.05, 3.63) is 135 Å². The molecule has 7 N–H and O–H groups in total. The third kappa shape index (κ3) is 16.1. The first-order valence-corrected chi connectivity index (χ1v) is 22.6. The van der Waals surface area contributed by atoms with E-state index >= 15 is 0 Å². The predicted octanol–water partition coefficient (Wildman–Crippen LogP) is 5.13. The maximum absolute atomic E-state index is 13.0. The third-order valence-corrected chi connectivity index (χ3v) is 10.9. The molecule has 2 atom stereocenters. The van der Waals surface area contributed by atoms with E-state index in [-0.39, 0.29) is 60.2 Å². The molecule has 69 heavy (non-hydrogen) atoms. The van der Waals surface area contributed by atoms with Crippen molar-refractivity contribution in [2.24, 2.45) is 0 Å². The fraction of sp³-hybridized carbons (Fsp3) is 0.388. The fourth-order valence-corrected chi connectivity index (χ4v) is 7.42. The van der Waals surface area contributed by atoms with Crippen LogP contribution in [-0.4, -0.2) is 111 Å². The first-order valence-electron chi connectivity index (χ1n) is 22.6. The van der Waals surface area contributed by atoms with Crippen LogP contribution in [0.5, 0.6) is 17.5 Å². The average Bonchev–Trinajstić information content (AvgIpc) is 3.68. The molecule has 2 amide bonds. The number of alkyl carbamates (subject to hydrolysis) is 1. The smallest absolute Gasteiger partial charge is 0.407 e. The summed E-state index contributed by atoms with van der Waals surface area (Å²) in [4.78, 5) is 45.0. The van der Waals surface area contributed by atoms with Crippen LogP contribution < -0.4 is 41.2 Å². The number of benzene rings is 4. The van der Waals surface area contributed by atoms with Gasteiger partial charge in [-0.25, -0.2) is 9.78 Å². The topological polar surface area (TPSA) is 262 Å². The second kappa shape index (κ2) is 27.2. The fourth-order valence-electron chi connectivity index (χ4n) is 7.42. The Bertz CT molecular complexity index is 2380. The van der Waals surface area contributed by atoms with Gasteiger partial charge in [0, 0.05) is 38.2 Å². The van der Waals surface area contributed by atoms with E-state index in [2.05, 4.69) is 31.2 Å². The highest BCUT2D eigenvalue weighted by Gasteiger charge is 2.30. The summed E-state index contributed by atoms with van der Waals surface area (Å²) in [6.45, 7) is 5.44. The summed E-state index contributed by atoms with van der Waals surface area (Å²) in [5, 5.41) is 33.8. The molecule has 1 aliphatic rings. The van der Waals surface area contributed by atoms with Gasteiger partial charge in [-0.3, -0.25) is 25.5 Å². The van der Waals surface area contributed by atoms with Crippen LogP contribution in [0.4, 0.5) is 16.3 Å². The molecule has 0 aliphatic heterocycles. The number of rotatable bonds is 30. The summed E-state index contributed by atoms with van der Waals surface area (Å²) in [6.07, 6.45) is 0.410. The van der Waals surface area contributed by atoms with Gasteiger partial charge in [-0.1, -0.05) is 72.8 Å². The van der Waals surface area contributed by atoms with Crippen LogP contribution in [0.15, 0.2) is 97.2 Å². The zero-order valence-electron chi connectivity index (χ0n) is 38.7. The lowest BCUT2D eigenvalue weighted by Crippen LogP contribution is -2.43. The number of methoxy groups -OCH3 is 1. The van der Waals surface area contributed by atoms with Gasteiger partial charge in [0.1, 0.15) is 19.0 Å². The summed E-state index contributed by atoms with van der Waals surface area (Å²) in [5.74, 6) is 0.374. The second-order valence-electron chi connectivity index (χ2n) is 15.8. The SMILES string of the molecule is COc1cc(C(C)NC(=O)OCC2c3ccccc3-c3ccccc32)c([N+](=O)[O-])cc1OCCCC(=O)NCCOCCOCCOCCNC(O)NCc1ccc(COc2nccc(N)n2)cc1. The summed E-state index contributed by atoms with van der Waals surface area (Å²) < 4.78 is 39.1. The van der Waals surface area contributed by atoms with E-state index in [4.69, 9.17) is 38.9 Å². The third-order valence-electron chi connectivity index (χ3n) is 10.9. The minimum Gasteiger partial charge on any atom is -0.493 e. The largest absolute Gasteiger partial charge is 0.493 e. The van der Waals surface area contributed by atoms with E-state index in [0.717, 1.165) is 33.4 Å². The van der Waals surface area contributed by atoms with Crippen molar-refractivity contribution in [1.82, 2.24) is 31.2 Å². The highest BCUT2D eigenvalue weighted by Crippen LogP contribution is 2.44. The molecule has 4 aromatic carbocycles. The lowest BCUT2D eigenvalue weighted by molar-refractivity contribution is -0.385. The maximum atomic E-state index is 13.0. The number of nitrogens with two attached hydrogens (primary N) is 1. The van der Waals surface area contributed by atoms with Crippen LogP contribution in [0.1, 0.15) is 59.5 Å². The minimum absolute atomic E-state index is 0.0964. The molecule has 1 aromatic heterocycles. The molecule has 1 aliphatic carbocycles. The zero-order chi connectivity index (χ0) is 48.8. The van der Waals surface area contributed by atoms with Gasteiger partial charge in [0.2, 0.25) is 5.91 Å². The lowest BCUT2D eigenvalue weighted by atomic mass is 9.98. The number of aromatic nitrogens is 2. The molecule has 5 aromatic rings. The number of nitrogen functional groups attached to an aromatic ring is 1. The van der Waals surface area contributed by atoms with E-state index in [1.165, 1.54) is 25.4 Å². The quantitative estimate of drug-likeness (QED) is 0.0151. The Morgan fingerprint density at radius 3 is 2.13 bits per heavy atom. The molecule has 0 fully saturated rings. The number of carbonyl (C=O) groups excluding carboxylic acids is 2. The predicted molar refractivity (Wildman–Crippen MR) is 255 cm³/mol. The molecule has 6 rings (SSSR count). The van der Waals surface area contributed by atoms with Crippen LogP contribution in [0.25, 0.3) is 11.1 Å². The molecule has 0 bridgehead atoms. The van der Waals surface area contributed by atoms with Crippen LogP contribution in [0.3, 0.4) is 0 Å². The van der Waals surface area contributed by atoms with E-state index in [9.17, 15) is 24.8 Å². The number of fused-ring (bicyclic) bond motifs is 3. The van der Waals surface area contributed by atoms with Crippen LogP contribution in [-0.2, 0) is 36.9 Å². The van der Waals surface area contributed by atoms with Gasteiger partial charge in [0.25, 0.3) is 5.69 Å². The highest BCUT2D eigenvalue weighted by molar-refractivity contribution is 5.79. The van der Waals surface area contributed by atoms with Crippen molar-refractivity contribution < 1.29 is 52.8 Å². The highest BCUT2D eigenvalue weighted by atomic mass is 16.6. The van der Waals surface area contributed by atoms with Crippen molar-refractivity contribution >= 4 is 23.5 Å². The Morgan fingerprint density at radius 2 is 1.46 bits per heavy atom. The molecule has 1 heterocycles. The molecule has 0 saturated carbocycles. The number of nitro benzene ring substituents is 1. The van der Waals surface area contributed by atoms with Gasteiger partial charge < -0.3 is 54.6 Å². The number of aliphatic hydroxyl groups excluding tert-OH is 1. The van der Waals surface area contributed by atoms with Gasteiger partial charge in [-0.2, -0.15) is 4.98 Å². The number of nitrogens with zero attached hydrogens (tertiary/aromatic N) is 3. The minimum atomic E-state index is -0.912. The Kier molecular flexibility index (Phi) is 20.2. The Labute approximate surface area is 400 Å². The Balaban J connectivity index is 0.763. The monoisotopic (exact) mass is 952 g/mol. The molecule has 20 heteroatoms. The molecule has 0 spiro atoms. The lowest BCUT2D eigenvalue weighted by Gasteiger charge is -2.19. The molecule has 20 nitrogen and oxygen atoms in total. The number of nitro groups is 1. The van der Waals surface area contributed by atoms with Crippen molar-refractivity contribution in [3.8, 4) is 28.6 Å². The Hall–Kier alpha value is -6.94. The van der Waals surface area contributed by atoms with E-state index in [1.807, 2.05) is 72.8 Å². The van der Waals surface area contributed by atoms with Gasteiger partial charge >= 0.3 is 12.1 Å². The van der Waals surface area contributed by atoms with Crippen molar-refractivity contribution in [2.75, 3.05) is 78.8 Å². The molecule has 0 radical (unpaired) electrons. The van der Waals surface area contributed by atoms with Gasteiger partial charge in [-0.05, 0) is 58.9 Å². The normalized spacial score (nSPS) is 12.6. The first-order chi connectivity index (χ1) is 33.6. The number of carbonyl (C=O) groups is 2. The molecular formula is C49H60N8O12. The van der Waals surface area contributed by atoms with Crippen LogP contribution >= 0.6 is 0 Å². The van der Waals surface area contributed by atoms with Crippen LogP contribution in [0, 0.1) is 10.1 Å². The van der Waals surface area contributed by atoms with E-state index < -0.39 is 23.4 Å². The number of amides is 2. The van der Waals surface area contributed by atoms with E-state index in [0.29, 0.717) is 78.1 Å². The summed E-state index contributed by atoms with van der Waals surface area (Å²) in [5.41, 5.74) is 11.9. The molecule has 368 valence electrons. The van der Waals surface area contributed by atoms with Crippen molar-refractivity contribution in [2.45, 2.75) is 51.2 Å². The number of aliphatic hydroxyl groups is 1. The number of ether oxygens (including phenoxy) is 7.